The molecule has 1 aromatic carbocycles. The molecule has 0 fully saturated rings. The first-order valence-electron chi connectivity index (χ1n) is 6.57. The van der Waals surface area contributed by atoms with Gasteiger partial charge in [-0.3, -0.25) is 9.10 Å². The summed E-state index contributed by atoms with van der Waals surface area (Å²) in [5.41, 5.74) is 1.14. The van der Waals surface area contributed by atoms with Crippen molar-refractivity contribution in [1.82, 2.24) is 14.7 Å². The molecule has 8 heteroatoms. The van der Waals surface area contributed by atoms with Crippen molar-refractivity contribution in [2.75, 3.05) is 31.2 Å². The quantitative estimate of drug-likeness (QED) is 0.813. The molecule has 0 spiro atoms. The van der Waals surface area contributed by atoms with Crippen molar-refractivity contribution >= 4 is 21.6 Å². The fraction of sp³-hybridized carbons (Fsp3) is 0.286. The van der Waals surface area contributed by atoms with Crippen LogP contribution < -0.4 is 4.31 Å². The summed E-state index contributed by atoms with van der Waals surface area (Å²) in [5, 5.41) is 4.11. The summed E-state index contributed by atoms with van der Waals surface area (Å²) in [6.45, 7) is -0.242. The van der Waals surface area contributed by atoms with Crippen LogP contribution in [-0.4, -0.2) is 55.9 Å². The van der Waals surface area contributed by atoms with Crippen LogP contribution in [0.5, 0.6) is 0 Å². The third-order valence-electron chi connectivity index (χ3n) is 3.06. The van der Waals surface area contributed by atoms with E-state index in [2.05, 4.69) is 5.10 Å². The largest absolute Gasteiger partial charge is 0.347 e. The Morgan fingerprint density at radius 3 is 2.55 bits per heavy atom. The second-order valence-corrected chi connectivity index (χ2v) is 6.94. The summed E-state index contributed by atoms with van der Waals surface area (Å²) in [6, 6.07) is 8.64. The molecule has 2 rings (SSSR count). The van der Waals surface area contributed by atoms with Crippen LogP contribution in [0.25, 0.3) is 5.69 Å². The van der Waals surface area contributed by atoms with Gasteiger partial charge in [0.15, 0.2) is 0 Å². The van der Waals surface area contributed by atoms with E-state index in [1.165, 1.54) is 4.90 Å². The number of likely N-dealkylation sites (N-methyl/N-ethyl adjacent to an activating group) is 1. The van der Waals surface area contributed by atoms with Gasteiger partial charge in [0.05, 0.1) is 17.6 Å². The molecule has 2 aromatic rings. The Balaban J connectivity index is 2.40. The van der Waals surface area contributed by atoms with Crippen molar-refractivity contribution in [3.63, 3.8) is 0 Å². The van der Waals surface area contributed by atoms with Crippen LogP contribution in [0.3, 0.4) is 0 Å². The number of benzene rings is 1. The van der Waals surface area contributed by atoms with Gasteiger partial charge >= 0.3 is 0 Å². The maximum absolute atomic E-state index is 12.0. The molecular weight excluding hydrogens is 304 g/mol. The summed E-state index contributed by atoms with van der Waals surface area (Å²) in [4.78, 5) is 13.2. The van der Waals surface area contributed by atoms with E-state index in [0.717, 1.165) is 10.6 Å². The summed E-state index contributed by atoms with van der Waals surface area (Å²) in [5.74, 6) is -0.296. The SMILES string of the molecule is CN(C)C(=O)CN(c1cccc(-n2cccn2)c1)S(C)(=O)=O. The highest BCUT2D eigenvalue weighted by Crippen LogP contribution is 2.21. The van der Waals surface area contributed by atoms with Crippen LogP contribution in [0.1, 0.15) is 0 Å². The average molecular weight is 322 g/mol. The van der Waals surface area contributed by atoms with Gasteiger partial charge < -0.3 is 4.90 Å². The summed E-state index contributed by atoms with van der Waals surface area (Å²) in [6.07, 6.45) is 4.47. The number of carbonyl (C=O) groups is 1. The van der Waals surface area contributed by atoms with Crippen molar-refractivity contribution in [2.45, 2.75) is 0 Å². The second-order valence-electron chi connectivity index (χ2n) is 5.03. The van der Waals surface area contributed by atoms with E-state index in [0.29, 0.717) is 11.4 Å². The van der Waals surface area contributed by atoms with Crippen molar-refractivity contribution in [1.29, 1.82) is 0 Å². The number of hydrogen-bond acceptors (Lipinski definition) is 4. The molecule has 0 saturated carbocycles. The molecule has 0 aliphatic rings. The zero-order valence-electron chi connectivity index (χ0n) is 12.7. The minimum Gasteiger partial charge on any atom is -0.347 e. The van der Waals surface area contributed by atoms with E-state index >= 15 is 0 Å². The smallest absolute Gasteiger partial charge is 0.242 e. The van der Waals surface area contributed by atoms with E-state index < -0.39 is 10.0 Å². The number of carbonyl (C=O) groups excluding carboxylic acids is 1. The maximum Gasteiger partial charge on any atom is 0.242 e. The second kappa shape index (κ2) is 6.18. The van der Waals surface area contributed by atoms with Crippen molar-refractivity contribution in [3.05, 3.63) is 42.7 Å². The maximum atomic E-state index is 12.0. The fourth-order valence-corrected chi connectivity index (χ4v) is 2.72. The van der Waals surface area contributed by atoms with Crippen LogP contribution in [0, 0.1) is 0 Å². The summed E-state index contributed by atoms with van der Waals surface area (Å²) < 4.78 is 26.7. The first kappa shape index (κ1) is 16.0. The Morgan fingerprint density at radius 2 is 2.00 bits per heavy atom. The lowest BCUT2D eigenvalue weighted by molar-refractivity contribution is -0.127. The number of anilines is 1. The van der Waals surface area contributed by atoms with Gasteiger partial charge in [-0.05, 0) is 24.3 Å². The molecule has 0 aliphatic heterocycles. The van der Waals surface area contributed by atoms with E-state index in [4.69, 9.17) is 0 Å². The molecule has 0 aliphatic carbocycles. The molecule has 1 amide bonds. The van der Waals surface area contributed by atoms with Gasteiger partial charge in [0.25, 0.3) is 0 Å². The standard InChI is InChI=1S/C14H18N4O3S/c1-16(2)14(19)11-18(22(3,20)21)13-7-4-6-12(10-13)17-9-5-8-15-17/h4-10H,11H2,1-3H3. The summed E-state index contributed by atoms with van der Waals surface area (Å²) >= 11 is 0. The van der Waals surface area contributed by atoms with Crippen molar-refractivity contribution in [3.8, 4) is 5.69 Å². The lowest BCUT2D eigenvalue weighted by atomic mass is 10.2. The lowest BCUT2D eigenvalue weighted by Crippen LogP contribution is -2.39. The molecule has 7 nitrogen and oxygen atoms in total. The third-order valence-corrected chi connectivity index (χ3v) is 4.21. The highest BCUT2D eigenvalue weighted by molar-refractivity contribution is 7.92. The zero-order chi connectivity index (χ0) is 16.3. The highest BCUT2D eigenvalue weighted by Gasteiger charge is 2.22. The molecule has 0 bridgehead atoms. The van der Waals surface area contributed by atoms with E-state index in [-0.39, 0.29) is 12.5 Å². The summed E-state index contributed by atoms with van der Waals surface area (Å²) in [7, 11) is -0.403. The first-order chi connectivity index (χ1) is 10.3. The fourth-order valence-electron chi connectivity index (χ4n) is 1.88. The highest BCUT2D eigenvalue weighted by atomic mass is 32.2. The van der Waals surface area contributed by atoms with E-state index in [1.807, 2.05) is 6.07 Å². The molecule has 0 atom stereocenters. The Hall–Kier alpha value is -2.35. The predicted octanol–water partition coefficient (Wildman–Crippen LogP) is 0.726. The van der Waals surface area contributed by atoms with Gasteiger partial charge in [0, 0.05) is 26.5 Å². The molecule has 118 valence electrons. The van der Waals surface area contributed by atoms with E-state index in [1.54, 1.807) is 55.4 Å². The monoisotopic (exact) mass is 322 g/mol. The number of hydrogen-bond donors (Lipinski definition) is 0. The molecule has 0 N–H and O–H groups in total. The Morgan fingerprint density at radius 1 is 1.27 bits per heavy atom. The number of nitrogens with zero attached hydrogens (tertiary/aromatic N) is 4. The lowest BCUT2D eigenvalue weighted by Gasteiger charge is -2.24. The van der Waals surface area contributed by atoms with Crippen LogP contribution in [-0.2, 0) is 14.8 Å². The first-order valence-corrected chi connectivity index (χ1v) is 8.42. The van der Waals surface area contributed by atoms with Gasteiger partial charge in [0.1, 0.15) is 6.54 Å². The Kier molecular flexibility index (Phi) is 4.51. The van der Waals surface area contributed by atoms with Crippen LogP contribution in [0.15, 0.2) is 42.7 Å². The number of rotatable bonds is 5. The molecule has 1 aromatic heterocycles. The number of aromatic nitrogens is 2. The Bertz CT molecular complexity index is 754. The van der Waals surface area contributed by atoms with Crippen LogP contribution >= 0.6 is 0 Å². The molecule has 22 heavy (non-hydrogen) atoms. The van der Waals surface area contributed by atoms with E-state index in [9.17, 15) is 13.2 Å². The average Bonchev–Trinajstić information content (AvgIpc) is 2.97. The van der Waals surface area contributed by atoms with Gasteiger partial charge in [-0.25, -0.2) is 13.1 Å². The van der Waals surface area contributed by atoms with Gasteiger partial charge in [-0.15, -0.1) is 0 Å². The van der Waals surface area contributed by atoms with Gasteiger partial charge in [0.2, 0.25) is 15.9 Å². The number of amides is 1. The zero-order valence-corrected chi connectivity index (χ0v) is 13.5. The molecule has 0 saturated heterocycles. The molecule has 0 radical (unpaired) electrons. The van der Waals surface area contributed by atoms with Crippen molar-refractivity contribution in [2.24, 2.45) is 0 Å². The minimum absolute atomic E-state index is 0.242. The topological polar surface area (TPSA) is 75.5 Å². The molecule has 1 heterocycles. The normalized spacial score (nSPS) is 11.2. The van der Waals surface area contributed by atoms with Gasteiger partial charge in [-0.1, -0.05) is 6.07 Å². The molecule has 0 unspecified atom stereocenters. The number of sulfonamides is 1. The van der Waals surface area contributed by atoms with Crippen LogP contribution in [0.4, 0.5) is 5.69 Å². The minimum atomic E-state index is -3.58. The Labute approximate surface area is 129 Å². The van der Waals surface area contributed by atoms with Crippen LogP contribution in [0.2, 0.25) is 0 Å². The third kappa shape index (κ3) is 3.64. The predicted molar refractivity (Wildman–Crippen MR) is 84.4 cm³/mol. The van der Waals surface area contributed by atoms with Gasteiger partial charge in [-0.2, -0.15) is 5.10 Å². The molecular formula is C14H18N4O3S. The van der Waals surface area contributed by atoms with Crippen molar-refractivity contribution < 1.29 is 13.2 Å².